The van der Waals surface area contributed by atoms with Gasteiger partial charge in [-0.05, 0) is 56.8 Å². The molecular formula is C16H25NO2. The predicted octanol–water partition coefficient (Wildman–Crippen LogP) is 3.29. The number of nitrogens with zero attached hydrogens (tertiary/aromatic N) is 1. The van der Waals surface area contributed by atoms with E-state index < -0.39 is 0 Å². The molecule has 0 N–H and O–H groups in total. The lowest BCUT2D eigenvalue weighted by atomic mass is 9.90. The van der Waals surface area contributed by atoms with Crippen LogP contribution in [0.2, 0.25) is 0 Å². The number of likely N-dealkylation sites (tertiary alicyclic amines) is 1. The van der Waals surface area contributed by atoms with Crippen LogP contribution in [0, 0.1) is 0 Å². The molecule has 1 aliphatic rings. The Labute approximate surface area is 116 Å². The van der Waals surface area contributed by atoms with Crippen molar-refractivity contribution in [3.05, 3.63) is 23.8 Å². The van der Waals surface area contributed by atoms with Gasteiger partial charge >= 0.3 is 0 Å². The second-order valence-corrected chi connectivity index (χ2v) is 5.54. The maximum atomic E-state index is 5.40. The summed E-state index contributed by atoms with van der Waals surface area (Å²) in [7, 11) is 3.38. The van der Waals surface area contributed by atoms with Gasteiger partial charge in [0.15, 0.2) is 11.5 Å². The lowest BCUT2D eigenvalue weighted by molar-refractivity contribution is 0.167. The van der Waals surface area contributed by atoms with Gasteiger partial charge in [-0.1, -0.05) is 6.07 Å². The molecular weight excluding hydrogens is 238 g/mol. The fraction of sp³-hybridized carbons (Fsp3) is 0.625. The van der Waals surface area contributed by atoms with Crippen LogP contribution in [0.5, 0.6) is 11.5 Å². The third kappa shape index (κ3) is 3.21. The van der Waals surface area contributed by atoms with Crippen LogP contribution in [0.15, 0.2) is 18.2 Å². The number of hydrogen-bond acceptors (Lipinski definition) is 3. The highest BCUT2D eigenvalue weighted by Crippen LogP contribution is 2.34. The van der Waals surface area contributed by atoms with Crippen molar-refractivity contribution in [2.24, 2.45) is 0 Å². The van der Waals surface area contributed by atoms with Crippen LogP contribution in [-0.2, 0) is 0 Å². The van der Waals surface area contributed by atoms with Gasteiger partial charge in [-0.3, -0.25) is 0 Å². The number of hydrogen-bond donors (Lipinski definition) is 0. The van der Waals surface area contributed by atoms with Gasteiger partial charge in [0.2, 0.25) is 0 Å². The Morgan fingerprint density at radius 3 is 2.53 bits per heavy atom. The van der Waals surface area contributed by atoms with Crippen LogP contribution in [0.4, 0.5) is 0 Å². The lowest BCUT2D eigenvalue weighted by Gasteiger charge is -2.35. The van der Waals surface area contributed by atoms with E-state index in [1.165, 1.54) is 24.9 Å². The van der Waals surface area contributed by atoms with Crippen LogP contribution in [0.1, 0.15) is 38.2 Å². The lowest BCUT2D eigenvalue weighted by Crippen LogP contribution is -2.39. The maximum absolute atomic E-state index is 5.40. The molecule has 1 unspecified atom stereocenters. The average molecular weight is 263 g/mol. The molecule has 3 nitrogen and oxygen atoms in total. The predicted molar refractivity (Wildman–Crippen MR) is 78.2 cm³/mol. The van der Waals surface area contributed by atoms with Crippen LogP contribution in [0.3, 0.4) is 0 Å². The molecule has 3 heteroatoms. The van der Waals surface area contributed by atoms with Crippen molar-refractivity contribution in [2.75, 3.05) is 27.3 Å². The topological polar surface area (TPSA) is 21.7 Å². The van der Waals surface area contributed by atoms with Crippen molar-refractivity contribution in [2.45, 2.75) is 38.6 Å². The highest BCUT2D eigenvalue weighted by Gasteiger charge is 2.23. The summed E-state index contributed by atoms with van der Waals surface area (Å²) in [5.41, 5.74) is 1.36. The number of methoxy groups -OCH3 is 2. The van der Waals surface area contributed by atoms with Crippen LogP contribution >= 0.6 is 0 Å². The van der Waals surface area contributed by atoms with E-state index in [0.29, 0.717) is 12.0 Å². The van der Waals surface area contributed by atoms with Gasteiger partial charge in [-0.25, -0.2) is 0 Å². The Bertz CT molecular complexity index is 417. The molecule has 1 aromatic rings. The Hall–Kier alpha value is -1.22. The minimum absolute atomic E-state index is 0.607. The largest absolute Gasteiger partial charge is 0.493 e. The summed E-state index contributed by atoms with van der Waals surface area (Å²) >= 11 is 0. The summed E-state index contributed by atoms with van der Waals surface area (Å²) in [6.07, 6.45) is 2.54. The monoisotopic (exact) mass is 263 g/mol. The minimum atomic E-state index is 0.607. The minimum Gasteiger partial charge on any atom is -0.493 e. The molecule has 1 fully saturated rings. The molecule has 19 heavy (non-hydrogen) atoms. The second kappa shape index (κ2) is 6.29. The molecule has 0 aliphatic carbocycles. The first-order chi connectivity index (χ1) is 9.15. The molecule has 0 bridgehead atoms. The number of ether oxygens (including phenoxy) is 2. The van der Waals surface area contributed by atoms with E-state index in [1.807, 2.05) is 6.07 Å². The van der Waals surface area contributed by atoms with Gasteiger partial charge in [0.05, 0.1) is 14.2 Å². The standard InChI is InChI=1S/C16H25NO2/c1-12(2)17-9-5-6-14(11-17)13-7-8-15(18-3)16(10-13)19-4/h7-8,10,12,14H,5-6,9,11H2,1-4H3. The highest BCUT2D eigenvalue weighted by molar-refractivity contribution is 5.44. The molecule has 0 saturated carbocycles. The molecule has 0 radical (unpaired) electrons. The van der Waals surface area contributed by atoms with Gasteiger partial charge in [0.1, 0.15) is 0 Å². The van der Waals surface area contributed by atoms with Crippen LogP contribution < -0.4 is 9.47 Å². The first kappa shape index (κ1) is 14.2. The van der Waals surface area contributed by atoms with Gasteiger partial charge in [0.25, 0.3) is 0 Å². The molecule has 0 spiro atoms. The smallest absolute Gasteiger partial charge is 0.160 e. The van der Waals surface area contributed by atoms with E-state index >= 15 is 0 Å². The Morgan fingerprint density at radius 1 is 1.16 bits per heavy atom. The zero-order valence-electron chi connectivity index (χ0n) is 12.5. The zero-order valence-corrected chi connectivity index (χ0v) is 12.5. The molecule has 1 saturated heterocycles. The SMILES string of the molecule is COc1ccc(C2CCCN(C(C)C)C2)cc1OC. The summed E-state index contributed by atoms with van der Waals surface area (Å²) in [6, 6.07) is 6.95. The van der Waals surface area contributed by atoms with Gasteiger partial charge in [-0.15, -0.1) is 0 Å². The van der Waals surface area contributed by atoms with Crippen molar-refractivity contribution in [3.8, 4) is 11.5 Å². The molecule has 1 aromatic carbocycles. The number of rotatable bonds is 4. The van der Waals surface area contributed by atoms with Crippen molar-refractivity contribution in [1.29, 1.82) is 0 Å². The number of piperidine rings is 1. The summed E-state index contributed by atoms with van der Waals surface area (Å²) in [6.45, 7) is 6.92. The van der Waals surface area contributed by atoms with Crippen LogP contribution in [0.25, 0.3) is 0 Å². The third-order valence-corrected chi connectivity index (χ3v) is 4.06. The summed E-state index contributed by atoms with van der Waals surface area (Å²) in [5.74, 6) is 2.25. The number of benzene rings is 1. The van der Waals surface area contributed by atoms with Crippen molar-refractivity contribution >= 4 is 0 Å². The van der Waals surface area contributed by atoms with E-state index in [4.69, 9.17) is 9.47 Å². The molecule has 1 aliphatic heterocycles. The molecule has 0 aromatic heterocycles. The zero-order chi connectivity index (χ0) is 13.8. The Kier molecular flexibility index (Phi) is 4.70. The second-order valence-electron chi connectivity index (χ2n) is 5.54. The van der Waals surface area contributed by atoms with E-state index in [9.17, 15) is 0 Å². The third-order valence-electron chi connectivity index (χ3n) is 4.06. The molecule has 0 amide bonds. The molecule has 106 valence electrons. The summed E-state index contributed by atoms with van der Waals surface area (Å²) < 4.78 is 10.7. The van der Waals surface area contributed by atoms with E-state index in [0.717, 1.165) is 18.0 Å². The normalized spacial score (nSPS) is 20.6. The van der Waals surface area contributed by atoms with E-state index in [-0.39, 0.29) is 0 Å². The average Bonchev–Trinajstić information content (AvgIpc) is 2.46. The van der Waals surface area contributed by atoms with Crippen molar-refractivity contribution in [3.63, 3.8) is 0 Å². The summed E-state index contributed by atoms with van der Waals surface area (Å²) in [4.78, 5) is 2.56. The molecule has 1 atom stereocenters. The fourth-order valence-corrected chi connectivity index (χ4v) is 2.85. The Balaban J connectivity index is 2.17. The maximum Gasteiger partial charge on any atom is 0.160 e. The van der Waals surface area contributed by atoms with Gasteiger partial charge in [0, 0.05) is 12.6 Å². The quantitative estimate of drug-likeness (QED) is 0.832. The fourth-order valence-electron chi connectivity index (χ4n) is 2.85. The van der Waals surface area contributed by atoms with E-state index in [1.54, 1.807) is 14.2 Å². The van der Waals surface area contributed by atoms with Gasteiger partial charge < -0.3 is 14.4 Å². The highest BCUT2D eigenvalue weighted by atomic mass is 16.5. The van der Waals surface area contributed by atoms with Crippen molar-refractivity contribution in [1.82, 2.24) is 4.90 Å². The molecule has 2 rings (SSSR count). The van der Waals surface area contributed by atoms with Crippen molar-refractivity contribution < 1.29 is 9.47 Å². The molecule has 1 heterocycles. The first-order valence-electron chi connectivity index (χ1n) is 7.11. The first-order valence-corrected chi connectivity index (χ1v) is 7.11. The van der Waals surface area contributed by atoms with Gasteiger partial charge in [-0.2, -0.15) is 0 Å². The van der Waals surface area contributed by atoms with E-state index in [2.05, 4.69) is 30.9 Å². The Morgan fingerprint density at radius 2 is 1.89 bits per heavy atom. The van der Waals surface area contributed by atoms with Crippen LogP contribution in [-0.4, -0.2) is 38.3 Å². The summed E-state index contributed by atoms with van der Waals surface area (Å²) in [5, 5.41) is 0.